The Hall–Kier alpha value is -2.17. The predicted octanol–water partition coefficient (Wildman–Crippen LogP) is 4.44. The highest BCUT2D eigenvalue weighted by Crippen LogP contribution is 2.27. The van der Waals surface area contributed by atoms with Crippen molar-refractivity contribution in [2.24, 2.45) is 0 Å². The van der Waals surface area contributed by atoms with Gasteiger partial charge < -0.3 is 0 Å². The van der Waals surface area contributed by atoms with Gasteiger partial charge in [0.15, 0.2) is 5.78 Å². The molecular formula is C14H8F4O. The second kappa shape index (κ2) is 4.84. The van der Waals surface area contributed by atoms with Crippen LogP contribution in [-0.4, -0.2) is 12.0 Å². The summed E-state index contributed by atoms with van der Waals surface area (Å²) < 4.78 is 48.6. The summed E-state index contributed by atoms with van der Waals surface area (Å²) in [4.78, 5) is 11.5. The van der Waals surface area contributed by atoms with Gasteiger partial charge >= 0.3 is 6.18 Å². The summed E-state index contributed by atoms with van der Waals surface area (Å²) in [7, 11) is 0. The highest BCUT2D eigenvalue weighted by atomic mass is 19.4. The number of rotatable bonds is 2. The molecule has 0 aliphatic heterocycles. The molecule has 0 N–H and O–H groups in total. The number of fused-ring (bicyclic) bond motifs is 1. The van der Waals surface area contributed by atoms with Crippen molar-refractivity contribution in [1.29, 1.82) is 0 Å². The highest BCUT2D eigenvalue weighted by molar-refractivity contribution is 6.07. The first-order chi connectivity index (χ1) is 8.88. The largest absolute Gasteiger partial charge is 0.443 e. The maximum atomic E-state index is 12.7. The fourth-order valence-electron chi connectivity index (χ4n) is 1.62. The maximum Gasteiger partial charge on any atom is 0.443 e. The van der Waals surface area contributed by atoms with E-state index in [1.54, 1.807) is 30.3 Å². The molecule has 0 aliphatic rings. The van der Waals surface area contributed by atoms with Crippen LogP contribution in [-0.2, 0) is 0 Å². The normalized spacial score (nSPS) is 12.7. The van der Waals surface area contributed by atoms with E-state index in [0.29, 0.717) is 5.39 Å². The average Bonchev–Trinajstić information content (AvgIpc) is 2.37. The molecule has 0 saturated carbocycles. The Bertz CT molecular complexity index is 656. The molecule has 2 rings (SSSR count). The lowest BCUT2D eigenvalue weighted by Gasteiger charge is -2.03. The minimum atomic E-state index is -5.13. The topological polar surface area (TPSA) is 17.1 Å². The standard InChI is InChI=1S/C14H8F4O/c15-13(14(16,17)18)8-12(19)11-6-5-9-3-1-2-4-10(9)7-11/h1-8H/b13-8-. The first-order valence-electron chi connectivity index (χ1n) is 5.35. The van der Waals surface area contributed by atoms with Crippen LogP contribution in [0.25, 0.3) is 10.8 Å². The third kappa shape index (κ3) is 2.99. The molecule has 2 aromatic rings. The van der Waals surface area contributed by atoms with Gasteiger partial charge in [-0.3, -0.25) is 4.79 Å². The summed E-state index contributed by atoms with van der Waals surface area (Å²) >= 11 is 0. The summed E-state index contributed by atoms with van der Waals surface area (Å²) in [6.45, 7) is 0. The predicted molar refractivity (Wildman–Crippen MR) is 63.5 cm³/mol. The van der Waals surface area contributed by atoms with Gasteiger partial charge in [0, 0.05) is 11.6 Å². The molecule has 98 valence electrons. The minimum Gasteiger partial charge on any atom is -0.289 e. The van der Waals surface area contributed by atoms with Crippen molar-refractivity contribution in [3.05, 3.63) is 59.9 Å². The van der Waals surface area contributed by atoms with Crippen LogP contribution < -0.4 is 0 Å². The molecule has 0 aliphatic carbocycles. The lowest BCUT2D eigenvalue weighted by molar-refractivity contribution is -0.108. The molecule has 5 heteroatoms. The van der Waals surface area contributed by atoms with Gasteiger partial charge in [0.1, 0.15) is 0 Å². The molecule has 0 radical (unpaired) electrons. The van der Waals surface area contributed by atoms with Gasteiger partial charge in [-0.15, -0.1) is 0 Å². The summed E-state index contributed by atoms with van der Waals surface area (Å²) in [5.41, 5.74) is 0.0121. The van der Waals surface area contributed by atoms with E-state index in [2.05, 4.69) is 0 Å². The van der Waals surface area contributed by atoms with Crippen LogP contribution in [0.4, 0.5) is 17.6 Å². The molecule has 0 fully saturated rings. The monoisotopic (exact) mass is 268 g/mol. The van der Waals surface area contributed by atoms with E-state index in [1.165, 1.54) is 12.1 Å². The molecule has 0 amide bonds. The summed E-state index contributed by atoms with van der Waals surface area (Å²) in [5.74, 6) is -3.41. The number of ketones is 1. The zero-order valence-electron chi connectivity index (χ0n) is 9.54. The molecule has 0 unspecified atom stereocenters. The van der Waals surface area contributed by atoms with Crippen LogP contribution in [0.1, 0.15) is 10.4 Å². The lowest BCUT2D eigenvalue weighted by atomic mass is 10.0. The molecule has 0 heterocycles. The fourth-order valence-corrected chi connectivity index (χ4v) is 1.62. The summed E-state index contributed by atoms with van der Waals surface area (Å²) in [6, 6.07) is 11.5. The van der Waals surface area contributed by atoms with Gasteiger partial charge in [0.2, 0.25) is 5.83 Å². The molecule has 0 atom stereocenters. The van der Waals surface area contributed by atoms with Crippen molar-refractivity contribution in [3.8, 4) is 0 Å². The summed E-state index contributed by atoms with van der Waals surface area (Å²) in [6.07, 6.45) is -5.17. The number of carbonyl (C=O) groups is 1. The zero-order valence-corrected chi connectivity index (χ0v) is 9.54. The SMILES string of the molecule is O=C(/C=C(\F)C(F)(F)F)c1ccc2ccccc2c1. The molecule has 2 aromatic carbocycles. The Kier molecular flexibility index (Phi) is 3.38. The number of benzene rings is 2. The third-order valence-corrected chi connectivity index (χ3v) is 2.56. The number of allylic oxidation sites excluding steroid dienone is 2. The van der Waals surface area contributed by atoms with E-state index in [9.17, 15) is 22.4 Å². The van der Waals surface area contributed by atoms with Crippen molar-refractivity contribution in [1.82, 2.24) is 0 Å². The number of alkyl halides is 3. The van der Waals surface area contributed by atoms with Gasteiger partial charge in [-0.1, -0.05) is 36.4 Å². The van der Waals surface area contributed by atoms with E-state index >= 15 is 0 Å². The van der Waals surface area contributed by atoms with Crippen molar-refractivity contribution in [3.63, 3.8) is 0 Å². The maximum absolute atomic E-state index is 12.7. The number of hydrogen-bond donors (Lipinski definition) is 0. The van der Waals surface area contributed by atoms with Crippen molar-refractivity contribution in [2.45, 2.75) is 6.18 Å². The van der Waals surface area contributed by atoms with Crippen molar-refractivity contribution < 1.29 is 22.4 Å². The molecule has 0 saturated heterocycles. The van der Waals surface area contributed by atoms with Crippen molar-refractivity contribution >= 4 is 16.6 Å². The Labute approximate surface area is 106 Å². The van der Waals surface area contributed by atoms with Gasteiger partial charge in [0.05, 0.1) is 0 Å². The minimum absolute atomic E-state index is 0.0121. The Morgan fingerprint density at radius 2 is 1.63 bits per heavy atom. The van der Waals surface area contributed by atoms with Crippen LogP contribution in [0.15, 0.2) is 54.4 Å². The molecule has 0 spiro atoms. The third-order valence-electron chi connectivity index (χ3n) is 2.56. The van der Waals surface area contributed by atoms with Gasteiger partial charge in [-0.05, 0) is 16.8 Å². The number of hydrogen-bond acceptors (Lipinski definition) is 1. The molecular weight excluding hydrogens is 260 g/mol. The smallest absolute Gasteiger partial charge is 0.289 e. The van der Waals surface area contributed by atoms with E-state index in [-0.39, 0.29) is 11.6 Å². The Morgan fingerprint density at radius 1 is 1.00 bits per heavy atom. The summed E-state index contributed by atoms with van der Waals surface area (Å²) in [5, 5.41) is 1.55. The first-order valence-corrected chi connectivity index (χ1v) is 5.35. The van der Waals surface area contributed by atoms with E-state index < -0.39 is 17.8 Å². The van der Waals surface area contributed by atoms with Crippen LogP contribution >= 0.6 is 0 Å². The Balaban J connectivity index is 2.37. The first kappa shape index (κ1) is 13.3. The Morgan fingerprint density at radius 3 is 2.26 bits per heavy atom. The molecule has 0 bridgehead atoms. The van der Waals surface area contributed by atoms with Gasteiger partial charge in [-0.2, -0.15) is 13.2 Å². The molecule has 0 aromatic heterocycles. The lowest BCUT2D eigenvalue weighted by Crippen LogP contribution is -2.10. The average molecular weight is 268 g/mol. The van der Waals surface area contributed by atoms with Crippen LogP contribution in [0.2, 0.25) is 0 Å². The van der Waals surface area contributed by atoms with E-state index in [4.69, 9.17) is 0 Å². The van der Waals surface area contributed by atoms with Crippen LogP contribution in [0.5, 0.6) is 0 Å². The van der Waals surface area contributed by atoms with Gasteiger partial charge in [0.25, 0.3) is 0 Å². The zero-order chi connectivity index (χ0) is 14.0. The molecule has 19 heavy (non-hydrogen) atoms. The molecule has 1 nitrogen and oxygen atoms in total. The van der Waals surface area contributed by atoms with E-state index in [1.807, 2.05) is 0 Å². The number of halogens is 4. The quantitative estimate of drug-likeness (QED) is 0.447. The second-order valence-electron chi connectivity index (χ2n) is 3.92. The second-order valence-corrected chi connectivity index (χ2v) is 3.92. The van der Waals surface area contributed by atoms with Crippen LogP contribution in [0, 0.1) is 0 Å². The highest BCUT2D eigenvalue weighted by Gasteiger charge is 2.35. The van der Waals surface area contributed by atoms with E-state index in [0.717, 1.165) is 5.39 Å². The van der Waals surface area contributed by atoms with Gasteiger partial charge in [-0.25, -0.2) is 4.39 Å². The van der Waals surface area contributed by atoms with Crippen molar-refractivity contribution in [2.75, 3.05) is 0 Å². The fraction of sp³-hybridized carbons (Fsp3) is 0.0714. The van der Waals surface area contributed by atoms with Crippen LogP contribution in [0.3, 0.4) is 0 Å². The number of carbonyl (C=O) groups excluding carboxylic acids is 1.